The number of rotatable bonds is 6. The van der Waals surface area contributed by atoms with Crippen molar-refractivity contribution < 1.29 is 23.6 Å². The summed E-state index contributed by atoms with van der Waals surface area (Å²) < 4.78 is 18.2. The van der Waals surface area contributed by atoms with E-state index in [0.29, 0.717) is 47.5 Å². The van der Waals surface area contributed by atoms with Gasteiger partial charge in [-0.2, -0.15) is 0 Å². The molecule has 1 aromatic carbocycles. The number of fused-ring (bicyclic) bond motifs is 4. The smallest absolute Gasteiger partial charge is 0.329 e. The van der Waals surface area contributed by atoms with Crippen LogP contribution < -0.4 is 26.2 Å². The molecular weight excluding hydrogens is 869 g/mol. The van der Waals surface area contributed by atoms with E-state index in [1.165, 1.54) is 11.1 Å². The lowest BCUT2D eigenvalue weighted by molar-refractivity contribution is -0.125. The summed E-state index contributed by atoms with van der Waals surface area (Å²) >= 11 is 12.8. The minimum absolute atomic E-state index is 0.0415. The van der Waals surface area contributed by atoms with Gasteiger partial charge in [-0.15, -0.1) is 0 Å². The van der Waals surface area contributed by atoms with Gasteiger partial charge >= 0.3 is 6.03 Å². The van der Waals surface area contributed by atoms with E-state index in [0.717, 1.165) is 82.1 Å². The summed E-state index contributed by atoms with van der Waals surface area (Å²) in [6.45, 7) is 7.69. The lowest BCUT2D eigenvalue weighted by Crippen LogP contribution is -2.61. The second-order valence-electron chi connectivity index (χ2n) is 19.9. The van der Waals surface area contributed by atoms with E-state index >= 15 is 4.39 Å². The summed E-state index contributed by atoms with van der Waals surface area (Å²) in [6.07, 6.45) is 13.7. The van der Waals surface area contributed by atoms with Crippen LogP contribution in [0.3, 0.4) is 0 Å². The highest BCUT2D eigenvalue weighted by Gasteiger charge is 2.73. The van der Waals surface area contributed by atoms with Gasteiger partial charge in [0.2, 0.25) is 17.7 Å². The van der Waals surface area contributed by atoms with Crippen molar-refractivity contribution in [1.29, 1.82) is 0 Å². The van der Waals surface area contributed by atoms with Gasteiger partial charge in [-0.1, -0.05) is 55.0 Å². The van der Waals surface area contributed by atoms with E-state index in [1.54, 1.807) is 24.4 Å². The quantitative estimate of drug-likeness (QED) is 0.116. The number of hydrogen-bond acceptors (Lipinski definition) is 8. The second kappa shape index (κ2) is 17.0. The maximum absolute atomic E-state index is 16.4. The molecule has 65 heavy (non-hydrogen) atoms. The summed E-state index contributed by atoms with van der Waals surface area (Å²) in [6, 6.07) is 9.38. The van der Waals surface area contributed by atoms with Gasteiger partial charge in [0.05, 0.1) is 17.8 Å². The highest BCUT2D eigenvalue weighted by molar-refractivity contribution is 6.31. The van der Waals surface area contributed by atoms with Gasteiger partial charge in [-0.25, -0.2) is 19.2 Å². The Labute approximate surface area is 388 Å². The number of piperidine rings is 1. The number of halogens is 3. The fourth-order valence-electron chi connectivity index (χ4n) is 12.0. The van der Waals surface area contributed by atoms with E-state index in [2.05, 4.69) is 61.8 Å². The molecule has 16 heteroatoms. The number of imide groups is 1. The molecular formula is C49H54Cl2FN9O4. The van der Waals surface area contributed by atoms with Crippen LogP contribution in [-0.2, 0) is 19.8 Å². The van der Waals surface area contributed by atoms with Gasteiger partial charge in [0, 0.05) is 66.0 Å². The number of urea groups is 1. The molecule has 0 unspecified atom stereocenters. The first-order chi connectivity index (χ1) is 31.2. The van der Waals surface area contributed by atoms with Crippen LogP contribution in [0.4, 0.5) is 20.7 Å². The Morgan fingerprint density at radius 3 is 2.48 bits per heavy atom. The molecule has 2 saturated carbocycles. The van der Waals surface area contributed by atoms with Crippen LogP contribution in [0.2, 0.25) is 10.2 Å². The summed E-state index contributed by atoms with van der Waals surface area (Å²) in [5.74, 6) is 5.83. The summed E-state index contributed by atoms with van der Waals surface area (Å²) in [5.41, 5.74) is 0.858. The molecule has 6 aliphatic rings. The Hall–Kier alpha value is -5.07. The first-order valence-electron chi connectivity index (χ1n) is 23.1. The molecule has 340 valence electrons. The van der Waals surface area contributed by atoms with E-state index < -0.39 is 34.8 Å². The van der Waals surface area contributed by atoms with Crippen molar-refractivity contribution in [2.24, 2.45) is 17.3 Å². The lowest BCUT2D eigenvalue weighted by Gasteiger charge is -2.50. The molecule has 4 N–H and O–H groups in total. The fourth-order valence-corrected chi connectivity index (χ4v) is 12.3. The number of anilines is 2. The Bertz CT molecular complexity index is 2640. The van der Waals surface area contributed by atoms with Crippen molar-refractivity contribution >= 4 is 64.1 Å². The number of nitrogens with one attached hydrogen (secondary N) is 4. The van der Waals surface area contributed by atoms with Crippen molar-refractivity contribution in [3.63, 3.8) is 0 Å². The zero-order chi connectivity index (χ0) is 45.3. The number of likely N-dealkylation sites (tertiary alicyclic amines) is 1. The minimum atomic E-state index is -1.32. The maximum atomic E-state index is 16.4. The Morgan fingerprint density at radius 2 is 1.72 bits per heavy atom. The van der Waals surface area contributed by atoms with Crippen LogP contribution in [0.25, 0.3) is 5.65 Å². The van der Waals surface area contributed by atoms with Gasteiger partial charge in [-0.3, -0.25) is 34.3 Å². The number of hydrogen-bond donors (Lipinski definition) is 4. The van der Waals surface area contributed by atoms with Gasteiger partial charge < -0.3 is 15.5 Å². The molecule has 13 nitrogen and oxygen atoms in total. The van der Waals surface area contributed by atoms with Gasteiger partial charge in [-0.05, 0) is 130 Å². The van der Waals surface area contributed by atoms with Gasteiger partial charge in [0.1, 0.15) is 11.2 Å². The Kier molecular flexibility index (Phi) is 11.4. The monoisotopic (exact) mass is 921 g/mol. The highest BCUT2D eigenvalue weighted by Crippen LogP contribution is 2.64. The van der Waals surface area contributed by atoms with Gasteiger partial charge in [0.25, 0.3) is 0 Å². The van der Waals surface area contributed by atoms with Crippen molar-refractivity contribution in [3.05, 3.63) is 87.7 Å². The predicted octanol–water partition coefficient (Wildman–Crippen LogP) is 7.34. The first-order valence-corrected chi connectivity index (χ1v) is 23.8. The summed E-state index contributed by atoms with van der Waals surface area (Å²) in [5, 5.41) is 12.8. The van der Waals surface area contributed by atoms with Crippen LogP contribution in [-0.4, -0.2) is 86.8 Å². The Morgan fingerprint density at radius 1 is 0.954 bits per heavy atom. The van der Waals surface area contributed by atoms with E-state index in [4.69, 9.17) is 23.2 Å². The summed E-state index contributed by atoms with van der Waals surface area (Å²) in [4.78, 5) is 66.5. The van der Waals surface area contributed by atoms with Crippen LogP contribution in [0.1, 0.15) is 107 Å². The maximum Gasteiger partial charge on any atom is 0.329 e. The van der Waals surface area contributed by atoms with E-state index in [1.807, 2.05) is 28.8 Å². The van der Waals surface area contributed by atoms with Crippen molar-refractivity contribution in [2.75, 3.05) is 36.4 Å². The minimum Gasteiger partial charge on any atom is -0.352 e. The molecule has 3 saturated heterocycles. The average molecular weight is 923 g/mol. The third-order valence-corrected chi connectivity index (χ3v) is 16.0. The molecule has 7 heterocycles. The van der Waals surface area contributed by atoms with Crippen LogP contribution in [0.5, 0.6) is 0 Å². The zero-order valence-corrected chi connectivity index (χ0v) is 38.2. The Balaban J connectivity index is 0.794. The molecule has 4 aliphatic heterocycles. The van der Waals surface area contributed by atoms with Crippen molar-refractivity contribution in [3.8, 4) is 11.8 Å². The second-order valence-corrected chi connectivity index (χ2v) is 20.7. The number of amides is 5. The lowest BCUT2D eigenvalue weighted by atomic mass is 9.53. The normalized spacial score (nSPS) is 27.6. The number of imidazole rings is 1. The van der Waals surface area contributed by atoms with Crippen LogP contribution >= 0.6 is 23.2 Å². The molecule has 2 spiro atoms. The number of pyridine rings is 2. The molecule has 3 atom stereocenters. The average Bonchev–Trinajstić information content (AvgIpc) is 3.94. The first kappa shape index (κ1) is 43.8. The van der Waals surface area contributed by atoms with Crippen LogP contribution in [0, 0.1) is 34.9 Å². The van der Waals surface area contributed by atoms with Crippen molar-refractivity contribution in [2.45, 2.75) is 113 Å². The fraction of sp³-hybridized carbons (Fsp3) is 0.510. The number of benzene rings is 1. The topological polar surface area (TPSA) is 153 Å². The van der Waals surface area contributed by atoms with Crippen molar-refractivity contribution in [1.82, 2.24) is 35.2 Å². The van der Waals surface area contributed by atoms with Crippen LogP contribution in [0.15, 0.2) is 55.0 Å². The van der Waals surface area contributed by atoms with E-state index in [-0.39, 0.29) is 52.2 Å². The third-order valence-electron chi connectivity index (χ3n) is 15.5. The third kappa shape index (κ3) is 7.76. The molecule has 3 aromatic heterocycles. The summed E-state index contributed by atoms with van der Waals surface area (Å²) in [7, 11) is 0. The van der Waals surface area contributed by atoms with Gasteiger partial charge in [0.15, 0.2) is 16.6 Å². The SMILES string of the molecule is CC1(C)CCC2(CC1)N[C@@H](C(=O)N[C@H]1CC[C@H](CN3CCC(C#Cc4cccn5c(N6CCC(=O)NC6=O)cnc45)CC3)CC1)[C@H](c1ccnc(Cl)c1F)[C@]21C(=O)Nc2cc(Cl)ccc21. The number of aromatic nitrogens is 3. The molecule has 4 aromatic rings. The number of nitrogens with zero attached hydrogens (tertiary/aromatic N) is 5. The molecule has 0 radical (unpaired) electrons. The number of carbonyl (C=O) groups excluding carboxylic acids is 4. The predicted molar refractivity (Wildman–Crippen MR) is 246 cm³/mol. The molecule has 10 rings (SSSR count). The molecule has 5 fully saturated rings. The standard InChI is InChI=1S/C49H54Cl2FN9O4/c1-47(2)17-19-48(20-18-47)49(35-12-9-32(50)26-36(35)56-45(49)64)39(34-13-21-53-42(51)40(34)52)41(58-48)44(63)55-33-10-6-30(7-11-33)28-59-23-14-29(15-24-59)5-8-31-4-3-22-60-38(27-54-43(31)60)61-25-16-37(62)57-46(61)65/h3-4,9,12-13,21-22,26-27,29-30,33,39,41,58H,6-7,10-11,14-20,23-25,28H2,1-2H3,(H,55,63)(H,56,64)(H,57,62,65)/t30-,33-,39-,41+,49+/m0/s1. The van der Waals surface area contributed by atoms with E-state index in [9.17, 15) is 19.2 Å². The molecule has 0 bridgehead atoms. The number of carbonyl (C=O) groups is 4. The highest BCUT2D eigenvalue weighted by atomic mass is 35.5. The molecule has 2 aliphatic carbocycles. The molecule has 5 amide bonds. The largest absolute Gasteiger partial charge is 0.352 e. The zero-order valence-electron chi connectivity index (χ0n) is 36.7.